The van der Waals surface area contributed by atoms with Crippen molar-refractivity contribution in [3.8, 4) is 0 Å². The van der Waals surface area contributed by atoms with Gasteiger partial charge in [0, 0.05) is 24.5 Å². The molecule has 0 aliphatic rings. The average molecular weight is 267 g/mol. The Balaban J connectivity index is 2.15. The van der Waals surface area contributed by atoms with Crippen molar-refractivity contribution in [3.63, 3.8) is 0 Å². The van der Waals surface area contributed by atoms with Crippen LogP contribution < -0.4 is 0 Å². The molecule has 0 saturated carbocycles. The van der Waals surface area contributed by atoms with Crippen LogP contribution in [0.2, 0.25) is 0 Å². The average Bonchev–Trinajstić information content (AvgIpc) is 2.70. The number of hydrogen-bond donors (Lipinski definition) is 1. The summed E-state index contributed by atoms with van der Waals surface area (Å²) in [6.45, 7) is 0.726. The fourth-order valence-electron chi connectivity index (χ4n) is 2.04. The number of aliphatic hydroxyl groups is 1. The Morgan fingerprint density at radius 1 is 1.28 bits per heavy atom. The summed E-state index contributed by atoms with van der Waals surface area (Å²) >= 11 is 0. The molecule has 18 heavy (non-hydrogen) atoms. The first-order chi connectivity index (χ1) is 8.49. The zero-order valence-electron chi connectivity index (χ0n) is 10.3. The number of rotatable bonds is 5. The summed E-state index contributed by atoms with van der Waals surface area (Å²) in [7, 11) is -2.89. The van der Waals surface area contributed by atoms with Crippen LogP contribution in [0, 0.1) is 0 Å². The molecule has 0 spiro atoms. The van der Waals surface area contributed by atoms with Crippen LogP contribution >= 0.6 is 0 Å². The zero-order chi connectivity index (χ0) is 13.2. The molecule has 0 fully saturated rings. The number of benzene rings is 1. The van der Waals surface area contributed by atoms with Crippen molar-refractivity contribution in [2.24, 2.45) is 0 Å². The minimum absolute atomic E-state index is 0.0369. The van der Waals surface area contributed by atoms with Crippen molar-refractivity contribution in [3.05, 3.63) is 36.0 Å². The molecule has 1 aromatic heterocycles. The van der Waals surface area contributed by atoms with E-state index in [4.69, 9.17) is 5.11 Å². The Hall–Kier alpha value is -1.33. The molecule has 0 aliphatic heterocycles. The second kappa shape index (κ2) is 5.12. The molecule has 5 heteroatoms. The molecule has 0 unspecified atom stereocenters. The summed E-state index contributed by atoms with van der Waals surface area (Å²) < 4.78 is 24.2. The smallest absolute Gasteiger partial charge is 0.147 e. The molecule has 0 saturated heterocycles. The number of hydrogen-bond acceptors (Lipinski definition) is 3. The monoisotopic (exact) mass is 267 g/mol. The standard InChI is InChI=1S/C13H17NO3S/c1-18(16,17)8-2-6-14-7-5-12-9-11(10-15)3-4-13(12)14/h3-5,7,9,15H,2,6,8,10H2,1H3. The predicted octanol–water partition coefficient (Wildman–Crippen LogP) is 1.57. The third-order valence-corrected chi connectivity index (χ3v) is 3.96. The van der Waals surface area contributed by atoms with E-state index in [1.165, 1.54) is 6.26 Å². The zero-order valence-corrected chi connectivity index (χ0v) is 11.2. The second-order valence-corrected chi connectivity index (χ2v) is 6.80. The van der Waals surface area contributed by atoms with Crippen LogP contribution in [0.25, 0.3) is 10.9 Å². The molecule has 1 aromatic carbocycles. The fourth-order valence-corrected chi connectivity index (χ4v) is 2.69. The van der Waals surface area contributed by atoms with Gasteiger partial charge in [-0.3, -0.25) is 0 Å². The summed E-state index contributed by atoms with van der Waals surface area (Å²) in [4.78, 5) is 0. The molecule has 1 heterocycles. The van der Waals surface area contributed by atoms with Gasteiger partial charge in [-0.1, -0.05) is 6.07 Å². The van der Waals surface area contributed by atoms with E-state index >= 15 is 0 Å². The van der Waals surface area contributed by atoms with Gasteiger partial charge in [0.1, 0.15) is 9.84 Å². The van der Waals surface area contributed by atoms with Crippen molar-refractivity contribution in [1.29, 1.82) is 0 Å². The van der Waals surface area contributed by atoms with Crippen LogP contribution in [-0.4, -0.2) is 30.1 Å². The maximum absolute atomic E-state index is 11.1. The van der Waals surface area contributed by atoms with E-state index in [1.807, 2.05) is 35.0 Å². The Morgan fingerprint density at radius 3 is 2.72 bits per heavy atom. The first kappa shape index (κ1) is 13.1. The summed E-state index contributed by atoms with van der Waals surface area (Å²) in [5, 5.41) is 10.1. The highest BCUT2D eigenvalue weighted by Crippen LogP contribution is 2.18. The highest BCUT2D eigenvalue weighted by Gasteiger charge is 2.05. The highest BCUT2D eigenvalue weighted by atomic mass is 32.2. The van der Waals surface area contributed by atoms with Gasteiger partial charge in [0.15, 0.2) is 0 Å². The summed E-state index contributed by atoms with van der Waals surface area (Å²) in [6.07, 6.45) is 3.83. The van der Waals surface area contributed by atoms with Gasteiger partial charge in [-0.2, -0.15) is 0 Å². The maximum atomic E-state index is 11.1. The van der Waals surface area contributed by atoms with Gasteiger partial charge < -0.3 is 9.67 Å². The van der Waals surface area contributed by atoms with Gasteiger partial charge in [-0.05, 0) is 35.6 Å². The van der Waals surface area contributed by atoms with E-state index < -0.39 is 9.84 Å². The van der Waals surface area contributed by atoms with Gasteiger partial charge in [0.05, 0.1) is 12.4 Å². The number of aromatic nitrogens is 1. The van der Waals surface area contributed by atoms with E-state index in [0.717, 1.165) is 16.5 Å². The van der Waals surface area contributed by atoms with Gasteiger partial charge in [-0.25, -0.2) is 8.42 Å². The molecule has 0 atom stereocenters. The third-order valence-electron chi connectivity index (χ3n) is 2.93. The van der Waals surface area contributed by atoms with E-state index in [1.54, 1.807) is 0 Å². The van der Waals surface area contributed by atoms with Crippen LogP contribution in [-0.2, 0) is 23.0 Å². The number of fused-ring (bicyclic) bond motifs is 1. The van der Waals surface area contributed by atoms with Gasteiger partial charge >= 0.3 is 0 Å². The number of sulfone groups is 1. The van der Waals surface area contributed by atoms with E-state index in [2.05, 4.69) is 0 Å². The molecule has 0 aliphatic carbocycles. The molecule has 2 rings (SSSR count). The minimum atomic E-state index is -2.89. The Bertz CT molecular complexity index is 643. The number of aliphatic hydroxyl groups excluding tert-OH is 1. The summed E-state index contributed by atoms with van der Waals surface area (Å²) in [5.41, 5.74) is 1.96. The van der Waals surface area contributed by atoms with Crippen LogP contribution in [0.5, 0.6) is 0 Å². The van der Waals surface area contributed by atoms with E-state index in [-0.39, 0.29) is 12.4 Å². The highest BCUT2D eigenvalue weighted by molar-refractivity contribution is 7.90. The molecule has 4 nitrogen and oxygen atoms in total. The first-order valence-corrected chi connectivity index (χ1v) is 7.92. The van der Waals surface area contributed by atoms with Crippen molar-refractivity contribution in [1.82, 2.24) is 4.57 Å². The molecule has 0 radical (unpaired) electrons. The lowest BCUT2D eigenvalue weighted by Gasteiger charge is -2.05. The summed E-state index contributed by atoms with van der Waals surface area (Å²) in [6, 6.07) is 7.77. The Morgan fingerprint density at radius 2 is 2.06 bits per heavy atom. The van der Waals surface area contributed by atoms with E-state index in [9.17, 15) is 8.42 Å². The van der Waals surface area contributed by atoms with Crippen molar-refractivity contribution >= 4 is 20.7 Å². The fraction of sp³-hybridized carbons (Fsp3) is 0.385. The van der Waals surface area contributed by atoms with E-state index in [0.29, 0.717) is 13.0 Å². The Kier molecular flexibility index (Phi) is 3.73. The van der Waals surface area contributed by atoms with Crippen LogP contribution in [0.3, 0.4) is 0 Å². The van der Waals surface area contributed by atoms with Crippen molar-refractivity contribution in [2.75, 3.05) is 12.0 Å². The largest absolute Gasteiger partial charge is 0.392 e. The van der Waals surface area contributed by atoms with Crippen LogP contribution in [0.1, 0.15) is 12.0 Å². The van der Waals surface area contributed by atoms with Crippen molar-refractivity contribution < 1.29 is 13.5 Å². The minimum Gasteiger partial charge on any atom is -0.392 e. The second-order valence-electron chi connectivity index (χ2n) is 4.54. The molecular formula is C13H17NO3S. The lowest BCUT2D eigenvalue weighted by atomic mass is 10.2. The topological polar surface area (TPSA) is 59.3 Å². The van der Waals surface area contributed by atoms with Crippen LogP contribution in [0.15, 0.2) is 30.5 Å². The quantitative estimate of drug-likeness (QED) is 0.894. The van der Waals surface area contributed by atoms with Crippen LogP contribution in [0.4, 0.5) is 0 Å². The third kappa shape index (κ3) is 3.11. The van der Waals surface area contributed by atoms with Crippen molar-refractivity contribution in [2.45, 2.75) is 19.6 Å². The molecule has 1 N–H and O–H groups in total. The molecule has 2 aromatic rings. The Labute approximate surface area is 107 Å². The SMILES string of the molecule is CS(=O)(=O)CCCn1ccc2cc(CO)ccc21. The number of nitrogens with zero attached hydrogens (tertiary/aromatic N) is 1. The molecular weight excluding hydrogens is 250 g/mol. The normalized spacial score (nSPS) is 12.1. The molecule has 0 bridgehead atoms. The van der Waals surface area contributed by atoms with Gasteiger partial charge in [-0.15, -0.1) is 0 Å². The number of aryl methyl sites for hydroxylation is 1. The first-order valence-electron chi connectivity index (χ1n) is 5.86. The maximum Gasteiger partial charge on any atom is 0.147 e. The summed E-state index contributed by atoms with van der Waals surface area (Å²) in [5.74, 6) is 0.210. The predicted molar refractivity (Wildman–Crippen MR) is 72.2 cm³/mol. The lowest BCUT2D eigenvalue weighted by molar-refractivity contribution is 0.282. The van der Waals surface area contributed by atoms with Gasteiger partial charge in [0.25, 0.3) is 0 Å². The molecule has 98 valence electrons. The van der Waals surface area contributed by atoms with Gasteiger partial charge in [0.2, 0.25) is 0 Å². The lowest BCUT2D eigenvalue weighted by Crippen LogP contribution is -2.06. The molecule has 0 amide bonds.